The second-order valence-electron chi connectivity index (χ2n) is 4.39. The van der Waals surface area contributed by atoms with E-state index in [9.17, 15) is 4.79 Å². The van der Waals surface area contributed by atoms with Gasteiger partial charge in [0.2, 0.25) is 0 Å². The zero-order chi connectivity index (χ0) is 13.8. The van der Waals surface area contributed by atoms with Gasteiger partial charge in [0, 0.05) is 10.7 Å². The average Bonchev–Trinajstić information content (AvgIpc) is 2.37. The van der Waals surface area contributed by atoms with Crippen LogP contribution in [0.15, 0.2) is 18.2 Å². The highest BCUT2D eigenvalue weighted by Gasteiger charge is 2.33. The molecule has 0 fully saturated rings. The van der Waals surface area contributed by atoms with Gasteiger partial charge >= 0.3 is 6.09 Å². The van der Waals surface area contributed by atoms with Crippen LogP contribution in [0.3, 0.4) is 0 Å². The molecule has 19 heavy (non-hydrogen) atoms. The topological polar surface area (TPSA) is 67.8 Å². The molecule has 1 amide bonds. The number of aryl methyl sites for hydroxylation is 1. The van der Waals surface area contributed by atoms with Crippen molar-refractivity contribution in [2.24, 2.45) is 0 Å². The third-order valence-electron chi connectivity index (χ3n) is 3.20. The standard InChI is InChI=1S/C13H16INO4/c1-18-7-19-10-6-5-8-3-2-4-9(14)11(8)12(10)15-13(16)17/h2-4,10,12,15H,5-7H2,1H3,(H,16,17)/t10-,12-/m1/s1. The molecular formula is C13H16INO4. The molecule has 104 valence electrons. The summed E-state index contributed by atoms with van der Waals surface area (Å²) >= 11 is 2.23. The molecule has 1 aliphatic rings. The van der Waals surface area contributed by atoms with Crippen LogP contribution in [0.5, 0.6) is 0 Å². The first-order valence-electron chi connectivity index (χ1n) is 6.00. The Balaban J connectivity index is 2.31. The summed E-state index contributed by atoms with van der Waals surface area (Å²) in [5.41, 5.74) is 2.21. The number of carbonyl (C=O) groups is 1. The van der Waals surface area contributed by atoms with Gasteiger partial charge in [-0.25, -0.2) is 4.79 Å². The lowest BCUT2D eigenvalue weighted by Crippen LogP contribution is -2.40. The molecule has 1 aromatic rings. The molecule has 2 atom stereocenters. The van der Waals surface area contributed by atoms with E-state index < -0.39 is 6.09 Å². The van der Waals surface area contributed by atoms with Gasteiger partial charge in [-0.3, -0.25) is 0 Å². The van der Waals surface area contributed by atoms with Gasteiger partial charge in [0.25, 0.3) is 0 Å². The summed E-state index contributed by atoms with van der Waals surface area (Å²) in [6, 6.07) is 5.67. The van der Waals surface area contributed by atoms with Crippen molar-refractivity contribution in [3.8, 4) is 0 Å². The van der Waals surface area contributed by atoms with Crippen LogP contribution < -0.4 is 5.32 Å². The Morgan fingerprint density at radius 3 is 3.05 bits per heavy atom. The number of hydrogen-bond acceptors (Lipinski definition) is 3. The van der Waals surface area contributed by atoms with E-state index in [2.05, 4.69) is 27.9 Å². The quantitative estimate of drug-likeness (QED) is 0.625. The summed E-state index contributed by atoms with van der Waals surface area (Å²) in [4.78, 5) is 11.0. The fourth-order valence-corrected chi connectivity index (χ4v) is 3.32. The largest absolute Gasteiger partial charge is 0.465 e. The van der Waals surface area contributed by atoms with E-state index in [-0.39, 0.29) is 18.9 Å². The van der Waals surface area contributed by atoms with Gasteiger partial charge in [0.15, 0.2) is 0 Å². The summed E-state index contributed by atoms with van der Waals surface area (Å²) in [5.74, 6) is 0. The number of ether oxygens (including phenoxy) is 2. The normalized spacial score (nSPS) is 21.8. The van der Waals surface area contributed by atoms with E-state index in [1.807, 2.05) is 18.2 Å². The van der Waals surface area contributed by atoms with Crippen molar-refractivity contribution in [3.05, 3.63) is 32.9 Å². The van der Waals surface area contributed by atoms with Crippen LogP contribution in [-0.2, 0) is 15.9 Å². The lowest BCUT2D eigenvalue weighted by Gasteiger charge is -2.33. The molecule has 2 N–H and O–H groups in total. The van der Waals surface area contributed by atoms with Crippen LogP contribution in [0.4, 0.5) is 4.79 Å². The minimum atomic E-state index is -1.04. The maximum Gasteiger partial charge on any atom is 0.405 e. The van der Waals surface area contributed by atoms with Gasteiger partial charge in [0.1, 0.15) is 6.79 Å². The molecule has 0 bridgehead atoms. The third-order valence-corrected chi connectivity index (χ3v) is 4.14. The fraction of sp³-hybridized carbons (Fsp3) is 0.462. The Hall–Kier alpha value is -0.860. The third kappa shape index (κ3) is 3.37. The van der Waals surface area contributed by atoms with Gasteiger partial charge in [-0.2, -0.15) is 0 Å². The summed E-state index contributed by atoms with van der Waals surface area (Å²) in [5, 5.41) is 11.6. The first-order valence-corrected chi connectivity index (χ1v) is 7.08. The van der Waals surface area contributed by atoms with Crippen LogP contribution in [0.1, 0.15) is 23.6 Å². The van der Waals surface area contributed by atoms with Crippen LogP contribution in [0.25, 0.3) is 0 Å². The molecule has 1 aliphatic carbocycles. The van der Waals surface area contributed by atoms with E-state index >= 15 is 0 Å². The van der Waals surface area contributed by atoms with Crippen molar-refractivity contribution < 1.29 is 19.4 Å². The smallest absolute Gasteiger partial charge is 0.405 e. The summed E-state index contributed by atoms with van der Waals surface area (Å²) in [6.07, 6.45) is 0.433. The van der Waals surface area contributed by atoms with Crippen molar-refractivity contribution in [1.29, 1.82) is 0 Å². The maximum absolute atomic E-state index is 11.0. The molecule has 1 aromatic carbocycles. The fourth-order valence-electron chi connectivity index (χ4n) is 2.43. The molecule has 0 spiro atoms. The molecule has 2 rings (SSSR count). The predicted molar refractivity (Wildman–Crippen MR) is 78.1 cm³/mol. The number of halogens is 1. The monoisotopic (exact) mass is 377 g/mol. The second-order valence-corrected chi connectivity index (χ2v) is 5.55. The van der Waals surface area contributed by atoms with Crippen molar-refractivity contribution in [2.45, 2.75) is 25.0 Å². The average molecular weight is 377 g/mol. The van der Waals surface area contributed by atoms with E-state index in [1.54, 1.807) is 7.11 Å². The number of methoxy groups -OCH3 is 1. The summed E-state index contributed by atoms with van der Waals surface area (Å²) in [6.45, 7) is 0.168. The molecule has 6 heteroatoms. The summed E-state index contributed by atoms with van der Waals surface area (Å²) in [7, 11) is 1.56. The minimum Gasteiger partial charge on any atom is -0.465 e. The summed E-state index contributed by atoms with van der Waals surface area (Å²) < 4.78 is 11.6. The molecule has 5 nitrogen and oxygen atoms in total. The highest BCUT2D eigenvalue weighted by Crippen LogP contribution is 2.35. The van der Waals surface area contributed by atoms with Crippen molar-refractivity contribution >= 4 is 28.7 Å². The molecule has 0 aliphatic heterocycles. The van der Waals surface area contributed by atoms with Crippen LogP contribution in [0.2, 0.25) is 0 Å². The molecule has 0 heterocycles. The van der Waals surface area contributed by atoms with Gasteiger partial charge in [-0.05, 0) is 52.6 Å². The van der Waals surface area contributed by atoms with Crippen LogP contribution >= 0.6 is 22.6 Å². The highest BCUT2D eigenvalue weighted by molar-refractivity contribution is 14.1. The number of rotatable bonds is 4. The molecule has 0 saturated carbocycles. The van der Waals surface area contributed by atoms with E-state index in [4.69, 9.17) is 14.6 Å². The second kappa shape index (κ2) is 6.53. The number of nitrogens with one attached hydrogen (secondary N) is 1. The Bertz CT molecular complexity index is 466. The van der Waals surface area contributed by atoms with Crippen LogP contribution in [-0.4, -0.2) is 31.2 Å². The lowest BCUT2D eigenvalue weighted by atomic mass is 9.85. The highest BCUT2D eigenvalue weighted by atomic mass is 127. The number of fused-ring (bicyclic) bond motifs is 1. The van der Waals surface area contributed by atoms with E-state index in [0.717, 1.165) is 22.0 Å². The van der Waals surface area contributed by atoms with Gasteiger partial charge in [0.05, 0.1) is 12.1 Å². The van der Waals surface area contributed by atoms with Crippen molar-refractivity contribution in [2.75, 3.05) is 13.9 Å². The molecule has 0 saturated heterocycles. The minimum absolute atomic E-state index is 0.168. The zero-order valence-electron chi connectivity index (χ0n) is 10.6. The van der Waals surface area contributed by atoms with Gasteiger partial charge < -0.3 is 19.9 Å². The Morgan fingerprint density at radius 2 is 2.37 bits per heavy atom. The number of hydrogen-bond donors (Lipinski definition) is 2. The predicted octanol–water partition coefficient (Wildman–Crippen LogP) is 2.54. The van der Waals surface area contributed by atoms with Crippen LogP contribution in [0, 0.1) is 3.57 Å². The van der Waals surface area contributed by atoms with Gasteiger partial charge in [-0.15, -0.1) is 0 Å². The first-order chi connectivity index (χ1) is 9.13. The maximum atomic E-state index is 11.0. The Labute approximate surface area is 125 Å². The van der Waals surface area contributed by atoms with Crippen molar-refractivity contribution in [3.63, 3.8) is 0 Å². The number of benzene rings is 1. The number of carboxylic acid groups (broad SMARTS) is 1. The molecule has 0 aromatic heterocycles. The first kappa shape index (κ1) is 14.5. The van der Waals surface area contributed by atoms with E-state index in [1.165, 1.54) is 5.56 Å². The molecule has 0 unspecified atom stereocenters. The lowest BCUT2D eigenvalue weighted by molar-refractivity contribution is -0.0878. The van der Waals surface area contributed by atoms with Crippen molar-refractivity contribution in [1.82, 2.24) is 5.32 Å². The van der Waals surface area contributed by atoms with E-state index in [0.29, 0.717) is 0 Å². The van der Waals surface area contributed by atoms with Gasteiger partial charge in [-0.1, -0.05) is 12.1 Å². The zero-order valence-corrected chi connectivity index (χ0v) is 12.7. The molecule has 0 radical (unpaired) electrons. The Kier molecular flexibility index (Phi) is 5.00. The SMILES string of the molecule is COCO[C@@H]1CCc2cccc(I)c2[C@@H]1NC(=O)O. The number of amides is 1. The molecular weight excluding hydrogens is 361 g/mol. The Morgan fingerprint density at radius 1 is 1.58 bits per heavy atom.